The number of hydrogen-bond acceptors (Lipinski definition) is 3. The second-order valence-electron chi connectivity index (χ2n) is 3.11. The van der Waals surface area contributed by atoms with Crippen molar-refractivity contribution in [2.75, 3.05) is 0 Å². The fraction of sp³-hybridized carbons (Fsp3) is 0.200. The molecule has 0 aliphatic rings. The second kappa shape index (κ2) is 3.21. The van der Waals surface area contributed by atoms with Gasteiger partial charge in [0.15, 0.2) is 5.82 Å². The molecule has 14 heavy (non-hydrogen) atoms. The van der Waals surface area contributed by atoms with E-state index in [1.165, 1.54) is 6.07 Å². The molecule has 0 aliphatic carbocycles. The number of rotatable bonds is 1. The van der Waals surface area contributed by atoms with Gasteiger partial charge in [-0.15, -0.1) is 0 Å². The molecular weight excluding hydrogens is 183 g/mol. The number of aromatic nitrogens is 2. The number of benzene rings is 1. The highest BCUT2D eigenvalue weighted by Crippen LogP contribution is 2.19. The molecule has 4 heteroatoms. The summed E-state index contributed by atoms with van der Waals surface area (Å²) in [5.41, 5.74) is 1.21. The van der Waals surface area contributed by atoms with Gasteiger partial charge in [-0.3, -0.25) is 0 Å². The topological polar surface area (TPSA) is 38.9 Å². The number of hydrogen-bond donors (Lipinski definition) is 0. The fourth-order valence-corrected chi connectivity index (χ4v) is 1.14. The monoisotopic (exact) mass is 192 g/mol. The van der Waals surface area contributed by atoms with Crippen molar-refractivity contribution in [1.29, 1.82) is 0 Å². The Balaban J connectivity index is 2.47. The zero-order chi connectivity index (χ0) is 10.1. The molecule has 2 rings (SSSR count). The first-order valence-electron chi connectivity index (χ1n) is 4.23. The lowest BCUT2D eigenvalue weighted by Gasteiger charge is -1.97. The Morgan fingerprint density at radius 2 is 2.07 bits per heavy atom. The molecule has 1 aromatic carbocycles. The Kier molecular flexibility index (Phi) is 2.04. The number of nitrogens with zero attached hydrogens (tertiary/aromatic N) is 2. The van der Waals surface area contributed by atoms with Crippen molar-refractivity contribution in [3.05, 3.63) is 35.4 Å². The highest BCUT2D eigenvalue weighted by Gasteiger charge is 2.07. The number of aryl methyl sites for hydroxylation is 2. The molecular formula is C10H9FN2O. The van der Waals surface area contributed by atoms with Crippen molar-refractivity contribution in [2.45, 2.75) is 13.8 Å². The molecule has 0 N–H and O–H groups in total. The average molecular weight is 192 g/mol. The third-order valence-corrected chi connectivity index (χ3v) is 1.95. The van der Waals surface area contributed by atoms with Crippen molar-refractivity contribution < 1.29 is 8.91 Å². The van der Waals surface area contributed by atoms with Gasteiger partial charge in [0, 0.05) is 5.56 Å². The molecule has 0 aliphatic heterocycles. The van der Waals surface area contributed by atoms with Crippen LogP contribution in [0.1, 0.15) is 11.4 Å². The van der Waals surface area contributed by atoms with Gasteiger partial charge in [-0.2, -0.15) is 4.98 Å². The lowest BCUT2D eigenvalue weighted by Crippen LogP contribution is -1.84. The Bertz CT molecular complexity index is 465. The summed E-state index contributed by atoms with van der Waals surface area (Å²) in [6.07, 6.45) is 0. The van der Waals surface area contributed by atoms with Crippen LogP contribution in [0, 0.1) is 19.7 Å². The molecule has 3 nitrogen and oxygen atoms in total. The summed E-state index contributed by atoms with van der Waals surface area (Å²) >= 11 is 0. The van der Waals surface area contributed by atoms with E-state index in [9.17, 15) is 4.39 Å². The second-order valence-corrected chi connectivity index (χ2v) is 3.11. The third kappa shape index (κ3) is 1.51. The predicted octanol–water partition coefficient (Wildman–Crippen LogP) is 2.49. The van der Waals surface area contributed by atoms with Crippen molar-refractivity contribution in [3.8, 4) is 11.5 Å². The summed E-state index contributed by atoms with van der Waals surface area (Å²) in [6.45, 7) is 3.43. The highest BCUT2D eigenvalue weighted by atomic mass is 19.1. The van der Waals surface area contributed by atoms with E-state index in [1.54, 1.807) is 26.0 Å². The molecule has 0 amide bonds. The molecule has 0 bridgehead atoms. The average Bonchev–Trinajstić information content (AvgIpc) is 2.57. The fourth-order valence-electron chi connectivity index (χ4n) is 1.14. The third-order valence-electron chi connectivity index (χ3n) is 1.95. The summed E-state index contributed by atoms with van der Waals surface area (Å²) < 4.78 is 18.1. The van der Waals surface area contributed by atoms with E-state index in [1.807, 2.05) is 0 Å². The van der Waals surface area contributed by atoms with E-state index in [0.717, 1.165) is 0 Å². The van der Waals surface area contributed by atoms with Crippen LogP contribution in [0.5, 0.6) is 0 Å². The van der Waals surface area contributed by atoms with E-state index < -0.39 is 0 Å². The molecule has 72 valence electrons. The smallest absolute Gasteiger partial charge is 0.258 e. The van der Waals surface area contributed by atoms with Crippen LogP contribution in [0.3, 0.4) is 0 Å². The Labute approximate surface area is 80.6 Å². The van der Waals surface area contributed by atoms with Gasteiger partial charge in [-0.1, -0.05) is 11.2 Å². The van der Waals surface area contributed by atoms with Gasteiger partial charge in [0.25, 0.3) is 5.89 Å². The lowest BCUT2D eigenvalue weighted by atomic mass is 10.1. The van der Waals surface area contributed by atoms with Crippen LogP contribution >= 0.6 is 0 Å². The minimum absolute atomic E-state index is 0.265. The van der Waals surface area contributed by atoms with E-state index >= 15 is 0 Å². The minimum Gasteiger partial charge on any atom is -0.334 e. The summed E-state index contributed by atoms with van der Waals surface area (Å²) in [5, 5.41) is 3.64. The normalized spacial score (nSPS) is 10.5. The van der Waals surface area contributed by atoms with Crippen molar-refractivity contribution >= 4 is 0 Å². The van der Waals surface area contributed by atoms with E-state index in [2.05, 4.69) is 10.1 Å². The molecule has 0 saturated carbocycles. The Morgan fingerprint density at radius 3 is 2.64 bits per heavy atom. The van der Waals surface area contributed by atoms with Gasteiger partial charge in [-0.05, 0) is 31.5 Å². The van der Waals surface area contributed by atoms with Crippen LogP contribution < -0.4 is 0 Å². The number of halogens is 1. The zero-order valence-corrected chi connectivity index (χ0v) is 7.91. The van der Waals surface area contributed by atoms with Crippen molar-refractivity contribution in [2.24, 2.45) is 0 Å². The standard InChI is InChI=1S/C10H9FN2O/c1-6-3-4-8(5-9(6)11)10-12-7(2)13-14-10/h3-5H,1-2H3. The maximum absolute atomic E-state index is 13.2. The zero-order valence-electron chi connectivity index (χ0n) is 7.91. The van der Waals surface area contributed by atoms with E-state index in [4.69, 9.17) is 4.52 Å². The van der Waals surface area contributed by atoms with Crippen LogP contribution in [0.25, 0.3) is 11.5 Å². The molecule has 0 atom stereocenters. The first kappa shape index (κ1) is 8.87. The molecule has 0 radical (unpaired) electrons. The summed E-state index contributed by atoms with van der Waals surface area (Å²) in [6, 6.07) is 4.83. The van der Waals surface area contributed by atoms with Crippen molar-refractivity contribution in [1.82, 2.24) is 10.1 Å². The summed E-state index contributed by atoms with van der Waals surface area (Å²) in [4.78, 5) is 4.01. The molecule has 1 aromatic heterocycles. The first-order chi connectivity index (χ1) is 6.66. The Hall–Kier alpha value is -1.71. The maximum Gasteiger partial charge on any atom is 0.258 e. The minimum atomic E-state index is -0.265. The van der Waals surface area contributed by atoms with Gasteiger partial charge >= 0.3 is 0 Å². The van der Waals surface area contributed by atoms with Gasteiger partial charge in [0.2, 0.25) is 0 Å². The van der Waals surface area contributed by atoms with E-state index in [0.29, 0.717) is 22.8 Å². The van der Waals surface area contributed by atoms with Gasteiger partial charge < -0.3 is 4.52 Å². The summed E-state index contributed by atoms with van der Waals surface area (Å²) in [5.74, 6) is 0.626. The van der Waals surface area contributed by atoms with Crippen molar-refractivity contribution in [3.63, 3.8) is 0 Å². The quantitative estimate of drug-likeness (QED) is 0.696. The van der Waals surface area contributed by atoms with Crippen LogP contribution in [0.15, 0.2) is 22.7 Å². The Morgan fingerprint density at radius 1 is 1.29 bits per heavy atom. The van der Waals surface area contributed by atoms with Gasteiger partial charge in [0.05, 0.1) is 0 Å². The molecule has 1 heterocycles. The van der Waals surface area contributed by atoms with Crippen LogP contribution in [0.4, 0.5) is 4.39 Å². The highest BCUT2D eigenvalue weighted by molar-refractivity contribution is 5.53. The molecule has 0 spiro atoms. The lowest BCUT2D eigenvalue weighted by molar-refractivity contribution is 0.425. The maximum atomic E-state index is 13.2. The van der Waals surface area contributed by atoms with Gasteiger partial charge in [0.1, 0.15) is 5.82 Å². The molecule has 0 fully saturated rings. The van der Waals surface area contributed by atoms with Gasteiger partial charge in [-0.25, -0.2) is 4.39 Å². The van der Waals surface area contributed by atoms with Crippen LogP contribution in [0.2, 0.25) is 0 Å². The summed E-state index contributed by atoms with van der Waals surface area (Å²) in [7, 11) is 0. The molecule has 0 saturated heterocycles. The first-order valence-corrected chi connectivity index (χ1v) is 4.23. The predicted molar refractivity (Wildman–Crippen MR) is 49.2 cm³/mol. The van der Waals surface area contributed by atoms with E-state index in [-0.39, 0.29) is 5.82 Å². The van der Waals surface area contributed by atoms with Crippen LogP contribution in [-0.4, -0.2) is 10.1 Å². The largest absolute Gasteiger partial charge is 0.334 e. The molecule has 0 unspecified atom stereocenters. The van der Waals surface area contributed by atoms with Crippen LogP contribution in [-0.2, 0) is 0 Å². The molecule has 2 aromatic rings. The SMILES string of the molecule is Cc1noc(-c2ccc(C)c(F)c2)n1.